The van der Waals surface area contributed by atoms with Crippen LogP contribution in [0, 0.1) is 13.8 Å². The number of thiazole rings is 1. The number of fused-ring (bicyclic) bond motifs is 3. The molecule has 1 aliphatic rings. The van der Waals surface area contributed by atoms with Crippen LogP contribution >= 0.6 is 11.3 Å². The molecule has 0 aliphatic heterocycles. The van der Waals surface area contributed by atoms with Crippen molar-refractivity contribution in [2.24, 2.45) is 0 Å². The number of anilines is 2. The smallest absolute Gasteiger partial charge is 0.226 e. The highest BCUT2D eigenvalue weighted by Gasteiger charge is 2.29. The van der Waals surface area contributed by atoms with Gasteiger partial charge in [-0.05, 0) is 74.4 Å². The molecule has 1 atom stereocenters. The molecule has 43 heavy (non-hydrogen) atoms. The summed E-state index contributed by atoms with van der Waals surface area (Å²) in [6.45, 7) is 5.97. The summed E-state index contributed by atoms with van der Waals surface area (Å²) in [4.78, 5) is 43.3. The van der Waals surface area contributed by atoms with Crippen molar-refractivity contribution < 1.29 is 23.8 Å². The van der Waals surface area contributed by atoms with Crippen molar-refractivity contribution in [3.8, 4) is 28.4 Å². The van der Waals surface area contributed by atoms with Crippen molar-refractivity contribution in [1.29, 1.82) is 0 Å². The van der Waals surface area contributed by atoms with Crippen molar-refractivity contribution in [2.45, 2.75) is 65.3 Å². The number of rotatable bonds is 12. The zero-order valence-electron chi connectivity index (χ0n) is 25.6. The normalized spacial score (nSPS) is 13.7. The van der Waals surface area contributed by atoms with Crippen molar-refractivity contribution in [2.75, 3.05) is 38.5 Å². The molecule has 0 unspecified atom stereocenters. The van der Waals surface area contributed by atoms with Gasteiger partial charge in [0.25, 0.3) is 0 Å². The number of nitrogens with zero attached hydrogens (tertiary/aromatic N) is 1. The van der Waals surface area contributed by atoms with Crippen LogP contribution in [0.5, 0.6) is 17.2 Å². The minimum absolute atomic E-state index is 0.0428. The molecular formula is C32H40N4O6S. The van der Waals surface area contributed by atoms with E-state index in [9.17, 15) is 14.4 Å². The van der Waals surface area contributed by atoms with Gasteiger partial charge in [0.05, 0.1) is 38.8 Å². The first-order chi connectivity index (χ1) is 20.7. The Bertz CT molecular complexity index is 1530. The fourth-order valence-electron chi connectivity index (χ4n) is 5.37. The van der Waals surface area contributed by atoms with Crippen LogP contribution in [0.2, 0.25) is 0 Å². The molecule has 0 saturated carbocycles. The highest BCUT2D eigenvalue weighted by molar-refractivity contribution is 7.15. The third-order valence-electron chi connectivity index (χ3n) is 7.59. The van der Waals surface area contributed by atoms with E-state index >= 15 is 0 Å². The van der Waals surface area contributed by atoms with E-state index in [1.807, 2.05) is 26.0 Å². The summed E-state index contributed by atoms with van der Waals surface area (Å²) in [6, 6.07) is 6.86. The molecular weight excluding hydrogens is 568 g/mol. The number of carbonyl (C=O) groups is 2. The predicted octanol–water partition coefficient (Wildman–Crippen LogP) is 5.55. The summed E-state index contributed by atoms with van der Waals surface area (Å²) in [5.74, 6) is 1.31. The van der Waals surface area contributed by atoms with Gasteiger partial charge in [0.2, 0.25) is 23.0 Å². The number of benzene rings is 1. The van der Waals surface area contributed by atoms with E-state index < -0.39 is 0 Å². The Balaban J connectivity index is 1.51. The van der Waals surface area contributed by atoms with E-state index in [0.29, 0.717) is 59.4 Å². The Hall–Kier alpha value is -4.12. The van der Waals surface area contributed by atoms with Gasteiger partial charge in [-0.1, -0.05) is 12.5 Å². The molecule has 0 bridgehead atoms. The topological polar surface area (TPSA) is 128 Å². The van der Waals surface area contributed by atoms with Gasteiger partial charge >= 0.3 is 0 Å². The summed E-state index contributed by atoms with van der Waals surface area (Å²) in [7, 11) is 4.71. The first kappa shape index (κ1) is 31.8. The summed E-state index contributed by atoms with van der Waals surface area (Å²) >= 11 is 1.48. The van der Waals surface area contributed by atoms with Gasteiger partial charge in [-0.15, -0.1) is 11.3 Å². The van der Waals surface area contributed by atoms with E-state index in [4.69, 9.17) is 14.2 Å². The van der Waals surface area contributed by atoms with E-state index in [1.54, 1.807) is 33.5 Å². The van der Waals surface area contributed by atoms with Crippen LogP contribution in [-0.2, 0) is 16.0 Å². The number of hydrogen-bond acceptors (Lipinski definition) is 9. The SMILES string of the molecule is COc1cc2c(c(OC)c1OC)-c1ccc(NCCCCCC(=O)Nc3nc(C)c(C)s3)c(=O)cc1[C@H](NC(C)=O)CC2. The molecule has 2 aromatic carbocycles. The Kier molecular flexibility index (Phi) is 10.6. The van der Waals surface area contributed by atoms with Gasteiger partial charge in [-0.25, -0.2) is 4.98 Å². The van der Waals surface area contributed by atoms with E-state index in [1.165, 1.54) is 18.3 Å². The maximum atomic E-state index is 13.4. The lowest BCUT2D eigenvalue weighted by Crippen LogP contribution is -2.26. The third kappa shape index (κ3) is 7.45. The van der Waals surface area contributed by atoms with E-state index in [-0.39, 0.29) is 23.3 Å². The number of hydrogen-bond donors (Lipinski definition) is 3. The number of aromatic nitrogens is 1. The molecule has 1 aromatic heterocycles. The second-order valence-electron chi connectivity index (χ2n) is 10.5. The van der Waals surface area contributed by atoms with Crippen LogP contribution in [0.25, 0.3) is 11.1 Å². The molecule has 0 spiro atoms. The van der Waals surface area contributed by atoms with Gasteiger partial charge in [-0.3, -0.25) is 14.4 Å². The fraction of sp³-hybridized carbons (Fsp3) is 0.438. The van der Waals surface area contributed by atoms with Crippen LogP contribution < -0.4 is 35.6 Å². The Morgan fingerprint density at radius 1 is 1.02 bits per heavy atom. The number of carbonyl (C=O) groups excluding carboxylic acids is 2. The lowest BCUT2D eigenvalue weighted by atomic mass is 9.95. The van der Waals surface area contributed by atoms with Crippen molar-refractivity contribution in [3.63, 3.8) is 0 Å². The number of aryl methyl sites for hydroxylation is 3. The first-order valence-corrected chi connectivity index (χ1v) is 15.2. The Morgan fingerprint density at radius 2 is 1.79 bits per heavy atom. The molecule has 2 amide bonds. The van der Waals surface area contributed by atoms with Gasteiger partial charge in [0.15, 0.2) is 16.6 Å². The zero-order valence-corrected chi connectivity index (χ0v) is 26.5. The van der Waals surface area contributed by atoms with Crippen molar-refractivity contribution >= 4 is 34.0 Å². The van der Waals surface area contributed by atoms with Gasteiger partial charge in [0.1, 0.15) is 0 Å². The Labute approximate surface area is 256 Å². The predicted molar refractivity (Wildman–Crippen MR) is 170 cm³/mol. The average molecular weight is 609 g/mol. The monoisotopic (exact) mass is 608 g/mol. The number of ether oxygens (including phenoxy) is 3. The van der Waals surface area contributed by atoms with Crippen LogP contribution in [0.3, 0.4) is 0 Å². The standard InChI is InChI=1S/C32H40N4O6S/c1-18-19(2)43-32(34-18)36-28(39)10-8-7-9-15-33-25-14-12-22-23(17-26(25)38)24(35-20(3)37)13-11-21-16-27(40-4)30(41-5)31(42-6)29(21)22/h12,14,16-17,24H,7-11,13,15H2,1-6H3,(H,33,38)(H,35,37)(H,34,36,39)/t24-/m1/s1. The molecule has 4 rings (SSSR count). The van der Waals surface area contributed by atoms with Crippen LogP contribution in [0.4, 0.5) is 10.8 Å². The molecule has 11 heteroatoms. The van der Waals surface area contributed by atoms with E-state index in [0.717, 1.165) is 46.5 Å². The lowest BCUT2D eigenvalue weighted by Gasteiger charge is -2.19. The second kappa shape index (κ2) is 14.4. The lowest BCUT2D eigenvalue weighted by molar-refractivity contribution is -0.119. The highest BCUT2D eigenvalue weighted by atomic mass is 32.1. The molecule has 3 N–H and O–H groups in total. The Morgan fingerprint density at radius 3 is 2.44 bits per heavy atom. The quantitative estimate of drug-likeness (QED) is 0.229. The summed E-state index contributed by atoms with van der Waals surface area (Å²) < 4.78 is 17.1. The molecule has 0 radical (unpaired) electrons. The number of nitrogens with one attached hydrogen (secondary N) is 3. The molecule has 230 valence electrons. The molecule has 1 heterocycles. The molecule has 0 saturated heterocycles. The maximum Gasteiger partial charge on any atom is 0.226 e. The highest BCUT2D eigenvalue weighted by Crippen LogP contribution is 2.50. The fourth-order valence-corrected chi connectivity index (χ4v) is 6.20. The summed E-state index contributed by atoms with van der Waals surface area (Å²) in [5.41, 5.74) is 4.51. The van der Waals surface area contributed by atoms with E-state index in [2.05, 4.69) is 20.9 Å². The summed E-state index contributed by atoms with van der Waals surface area (Å²) in [5, 5.41) is 9.80. The van der Waals surface area contributed by atoms with Crippen LogP contribution in [-0.4, -0.2) is 44.7 Å². The minimum atomic E-state index is -0.363. The van der Waals surface area contributed by atoms with Crippen molar-refractivity contribution in [3.05, 3.63) is 56.2 Å². The second-order valence-corrected chi connectivity index (χ2v) is 11.7. The summed E-state index contributed by atoms with van der Waals surface area (Å²) in [6.07, 6.45) is 4.00. The number of methoxy groups -OCH3 is 3. The molecule has 10 nitrogen and oxygen atoms in total. The maximum absolute atomic E-state index is 13.4. The van der Waals surface area contributed by atoms with Gasteiger partial charge in [-0.2, -0.15) is 0 Å². The third-order valence-corrected chi connectivity index (χ3v) is 8.58. The number of unbranched alkanes of at least 4 members (excludes halogenated alkanes) is 2. The van der Waals surface area contributed by atoms with Crippen LogP contribution in [0.15, 0.2) is 29.1 Å². The zero-order chi connectivity index (χ0) is 31.1. The molecule has 1 aliphatic carbocycles. The van der Waals surface area contributed by atoms with Gasteiger partial charge < -0.3 is 30.2 Å². The average Bonchev–Trinajstić information content (AvgIpc) is 3.11. The first-order valence-electron chi connectivity index (χ1n) is 14.4. The minimum Gasteiger partial charge on any atom is -0.493 e. The van der Waals surface area contributed by atoms with Gasteiger partial charge in [0, 0.05) is 30.3 Å². The molecule has 0 fully saturated rings. The van der Waals surface area contributed by atoms with Crippen molar-refractivity contribution in [1.82, 2.24) is 10.3 Å². The molecule has 3 aromatic rings. The largest absolute Gasteiger partial charge is 0.493 e. The number of amides is 2. The van der Waals surface area contributed by atoms with Crippen LogP contribution in [0.1, 0.15) is 66.8 Å².